The van der Waals surface area contributed by atoms with Crippen LogP contribution in [0.25, 0.3) is 0 Å². The van der Waals surface area contributed by atoms with E-state index >= 15 is 0 Å². The maximum Gasteiger partial charge on any atom is 0.182 e. The Morgan fingerprint density at radius 3 is 2.17 bits per heavy atom. The molecule has 96 valence electrons. The van der Waals surface area contributed by atoms with Crippen molar-refractivity contribution in [2.45, 2.75) is 10.6 Å². The number of rotatable bonds is 3. The Hall–Kier alpha value is -0.260. The van der Waals surface area contributed by atoms with Crippen LogP contribution in [0.15, 0.2) is 35.2 Å². The van der Waals surface area contributed by atoms with E-state index in [0.717, 1.165) is 11.3 Å². The van der Waals surface area contributed by atoms with Crippen LogP contribution in [0.5, 0.6) is 0 Å². The van der Waals surface area contributed by atoms with Crippen molar-refractivity contribution >= 4 is 56.0 Å². The molecule has 2 rings (SSSR count). The Labute approximate surface area is 124 Å². The molecule has 0 aliphatic rings. The first-order valence-corrected chi connectivity index (χ1v) is 8.41. The van der Waals surface area contributed by atoms with Gasteiger partial charge in [0.15, 0.2) is 9.84 Å². The van der Waals surface area contributed by atoms with E-state index in [2.05, 4.69) is 0 Å². The fourth-order valence-electron chi connectivity index (χ4n) is 1.40. The quantitative estimate of drug-likeness (QED) is 0.812. The number of hydrogen-bond donors (Lipinski definition) is 0. The average molecular weight is 342 g/mol. The lowest BCUT2D eigenvalue weighted by atomic mass is 10.4. The highest BCUT2D eigenvalue weighted by atomic mass is 35.5. The normalized spacial score (nSPS) is 11.7. The SMILES string of the molecule is O=S(=O)(Cc1cc(Cl)sc1Cl)c1ccc(Cl)cc1. The van der Waals surface area contributed by atoms with Crippen LogP contribution in [-0.2, 0) is 15.6 Å². The van der Waals surface area contributed by atoms with Gasteiger partial charge in [0.05, 0.1) is 19.3 Å². The van der Waals surface area contributed by atoms with Crippen molar-refractivity contribution in [2.75, 3.05) is 0 Å². The van der Waals surface area contributed by atoms with E-state index in [-0.39, 0.29) is 10.6 Å². The second-order valence-electron chi connectivity index (χ2n) is 3.56. The van der Waals surface area contributed by atoms with Crippen molar-refractivity contribution in [3.63, 3.8) is 0 Å². The predicted octanol–water partition coefficient (Wildman–Crippen LogP) is 4.68. The smallest absolute Gasteiger partial charge is 0.182 e. The van der Waals surface area contributed by atoms with Crippen molar-refractivity contribution in [3.8, 4) is 0 Å². The Bertz CT molecular complexity index is 660. The van der Waals surface area contributed by atoms with E-state index in [0.29, 0.717) is 19.3 Å². The molecule has 0 saturated heterocycles. The summed E-state index contributed by atoms with van der Waals surface area (Å²) in [5, 5.41) is 0.491. The molecule has 0 unspecified atom stereocenters. The topological polar surface area (TPSA) is 34.1 Å². The molecule has 0 atom stereocenters. The zero-order chi connectivity index (χ0) is 13.3. The van der Waals surface area contributed by atoms with Crippen molar-refractivity contribution in [1.29, 1.82) is 0 Å². The van der Waals surface area contributed by atoms with Gasteiger partial charge in [0.25, 0.3) is 0 Å². The van der Waals surface area contributed by atoms with Gasteiger partial charge in [-0.3, -0.25) is 0 Å². The second-order valence-corrected chi connectivity index (χ2v) is 8.27. The van der Waals surface area contributed by atoms with E-state index in [1.807, 2.05) is 0 Å². The number of sulfone groups is 1. The molecule has 1 aromatic heterocycles. The molecule has 0 radical (unpaired) electrons. The van der Waals surface area contributed by atoms with Crippen molar-refractivity contribution < 1.29 is 8.42 Å². The minimum absolute atomic E-state index is 0.170. The highest BCUT2D eigenvalue weighted by Gasteiger charge is 2.18. The molecule has 2 nitrogen and oxygen atoms in total. The van der Waals surface area contributed by atoms with Crippen LogP contribution in [0.3, 0.4) is 0 Å². The number of benzene rings is 1. The largest absolute Gasteiger partial charge is 0.223 e. The molecular formula is C11H7Cl3O2S2. The first-order valence-electron chi connectivity index (χ1n) is 4.80. The number of halogens is 3. The third kappa shape index (κ3) is 3.19. The van der Waals surface area contributed by atoms with Gasteiger partial charge in [0.2, 0.25) is 0 Å². The van der Waals surface area contributed by atoms with E-state index in [4.69, 9.17) is 34.8 Å². The molecular weight excluding hydrogens is 335 g/mol. The minimum atomic E-state index is -3.43. The van der Waals surface area contributed by atoms with Crippen LogP contribution in [0.2, 0.25) is 13.7 Å². The van der Waals surface area contributed by atoms with Crippen molar-refractivity contribution in [1.82, 2.24) is 0 Å². The fraction of sp³-hybridized carbons (Fsp3) is 0.0909. The summed E-state index contributed by atoms with van der Waals surface area (Å²) in [5.74, 6) is -0.170. The summed E-state index contributed by atoms with van der Waals surface area (Å²) in [7, 11) is -3.43. The molecule has 2 aromatic rings. The molecule has 1 heterocycles. The molecule has 0 spiro atoms. The van der Waals surface area contributed by atoms with Gasteiger partial charge >= 0.3 is 0 Å². The second kappa shape index (κ2) is 5.39. The van der Waals surface area contributed by atoms with Gasteiger partial charge in [0.1, 0.15) is 0 Å². The molecule has 0 N–H and O–H groups in total. The van der Waals surface area contributed by atoms with Gasteiger partial charge in [-0.15, -0.1) is 11.3 Å². The van der Waals surface area contributed by atoms with Gasteiger partial charge in [-0.25, -0.2) is 8.42 Å². The summed E-state index contributed by atoms with van der Waals surface area (Å²) in [6.45, 7) is 0. The summed E-state index contributed by atoms with van der Waals surface area (Å²) in [5.41, 5.74) is 0.515. The standard InChI is InChI=1S/C11H7Cl3O2S2/c12-8-1-3-9(4-2-8)18(15,16)6-7-5-10(13)17-11(7)14/h1-5H,6H2. The summed E-state index contributed by atoms with van der Waals surface area (Å²) in [6.07, 6.45) is 0. The minimum Gasteiger partial charge on any atom is -0.223 e. The van der Waals surface area contributed by atoms with Crippen LogP contribution < -0.4 is 0 Å². The molecule has 0 amide bonds. The molecule has 0 saturated carbocycles. The van der Waals surface area contributed by atoms with Crippen molar-refractivity contribution in [2.24, 2.45) is 0 Å². The molecule has 0 fully saturated rings. The summed E-state index contributed by atoms with van der Waals surface area (Å²) < 4.78 is 25.1. The van der Waals surface area contributed by atoms with E-state index in [1.165, 1.54) is 24.3 Å². The highest BCUT2D eigenvalue weighted by Crippen LogP contribution is 2.33. The van der Waals surface area contributed by atoms with Gasteiger partial charge in [-0.2, -0.15) is 0 Å². The average Bonchev–Trinajstić information content (AvgIpc) is 2.57. The van der Waals surface area contributed by atoms with E-state index in [1.54, 1.807) is 6.07 Å². The van der Waals surface area contributed by atoms with Crippen LogP contribution in [0.4, 0.5) is 0 Å². The maximum absolute atomic E-state index is 12.1. The van der Waals surface area contributed by atoms with Gasteiger partial charge < -0.3 is 0 Å². The molecule has 18 heavy (non-hydrogen) atoms. The fourth-order valence-corrected chi connectivity index (χ4v) is 4.54. The van der Waals surface area contributed by atoms with Crippen LogP contribution >= 0.6 is 46.1 Å². The van der Waals surface area contributed by atoms with Crippen molar-refractivity contribution in [3.05, 3.63) is 49.6 Å². The summed E-state index contributed by atoms with van der Waals surface area (Å²) in [4.78, 5) is 0.213. The summed E-state index contributed by atoms with van der Waals surface area (Å²) >= 11 is 18.6. The third-order valence-electron chi connectivity index (χ3n) is 2.25. The van der Waals surface area contributed by atoms with Gasteiger partial charge in [-0.1, -0.05) is 34.8 Å². The molecule has 0 aliphatic heterocycles. The first kappa shape index (κ1) is 14.2. The summed E-state index contributed by atoms with van der Waals surface area (Å²) in [6, 6.07) is 7.59. The number of hydrogen-bond acceptors (Lipinski definition) is 3. The lowest BCUT2D eigenvalue weighted by molar-refractivity contribution is 0.595. The molecule has 7 heteroatoms. The van der Waals surface area contributed by atoms with Gasteiger partial charge in [-0.05, 0) is 35.9 Å². The highest BCUT2D eigenvalue weighted by molar-refractivity contribution is 7.90. The van der Waals surface area contributed by atoms with E-state index in [9.17, 15) is 8.42 Å². The Balaban J connectivity index is 2.33. The lowest BCUT2D eigenvalue weighted by Gasteiger charge is -2.03. The van der Waals surface area contributed by atoms with E-state index < -0.39 is 9.84 Å². The lowest BCUT2D eigenvalue weighted by Crippen LogP contribution is -2.04. The molecule has 0 bridgehead atoms. The zero-order valence-electron chi connectivity index (χ0n) is 8.86. The molecule has 0 aliphatic carbocycles. The first-order chi connectivity index (χ1) is 8.38. The Kier molecular flexibility index (Phi) is 4.24. The monoisotopic (exact) mass is 340 g/mol. The maximum atomic E-state index is 12.1. The number of thiophene rings is 1. The Morgan fingerprint density at radius 1 is 1.06 bits per heavy atom. The van der Waals surface area contributed by atoms with Crippen LogP contribution in [0.1, 0.15) is 5.56 Å². The van der Waals surface area contributed by atoms with Crippen LogP contribution in [0, 0.1) is 0 Å². The van der Waals surface area contributed by atoms with Crippen LogP contribution in [-0.4, -0.2) is 8.42 Å². The van der Waals surface area contributed by atoms with Gasteiger partial charge in [0, 0.05) is 5.02 Å². The molecule has 1 aromatic carbocycles. The predicted molar refractivity (Wildman–Crippen MR) is 76.7 cm³/mol. The zero-order valence-corrected chi connectivity index (χ0v) is 12.8. The third-order valence-corrected chi connectivity index (χ3v) is 5.75. The Morgan fingerprint density at radius 2 is 1.67 bits per heavy atom.